The summed E-state index contributed by atoms with van der Waals surface area (Å²) in [5.74, 6) is 0.591. The van der Waals surface area contributed by atoms with Crippen molar-refractivity contribution in [1.82, 2.24) is 20.2 Å². The van der Waals surface area contributed by atoms with E-state index in [0.29, 0.717) is 11.6 Å². The molecular weight excluding hydrogens is 326 g/mol. The Morgan fingerprint density at radius 3 is 2.73 bits per heavy atom. The van der Waals surface area contributed by atoms with Crippen LogP contribution in [-0.4, -0.2) is 27.3 Å². The summed E-state index contributed by atoms with van der Waals surface area (Å²) in [6.07, 6.45) is 5.27. The van der Waals surface area contributed by atoms with E-state index in [1.165, 1.54) is 0 Å². The van der Waals surface area contributed by atoms with Gasteiger partial charge in [-0.3, -0.25) is 10.1 Å². The lowest BCUT2D eigenvalue weighted by atomic mass is 10.0. The summed E-state index contributed by atoms with van der Waals surface area (Å²) in [7, 11) is 1.60. The molecule has 26 heavy (non-hydrogen) atoms. The normalized spacial score (nSPS) is 10.7. The molecule has 6 nitrogen and oxygen atoms in total. The van der Waals surface area contributed by atoms with E-state index < -0.39 is 0 Å². The third-order valence-electron chi connectivity index (χ3n) is 4.08. The summed E-state index contributed by atoms with van der Waals surface area (Å²) in [6, 6.07) is 13.7. The molecule has 0 spiro atoms. The first kappa shape index (κ1) is 15.8. The minimum atomic E-state index is 0.591. The average Bonchev–Trinajstić information content (AvgIpc) is 3.12. The largest absolute Gasteiger partial charge is 0.481 e. The monoisotopic (exact) mass is 343 g/mol. The fourth-order valence-corrected chi connectivity index (χ4v) is 2.77. The van der Waals surface area contributed by atoms with E-state index in [9.17, 15) is 0 Å². The van der Waals surface area contributed by atoms with Crippen molar-refractivity contribution in [2.24, 2.45) is 0 Å². The number of nitrogens with one attached hydrogen (secondary N) is 2. The molecule has 0 saturated carbocycles. The van der Waals surface area contributed by atoms with Crippen LogP contribution in [-0.2, 0) is 0 Å². The number of aromatic amines is 1. The van der Waals surface area contributed by atoms with Gasteiger partial charge in [0.2, 0.25) is 5.88 Å². The zero-order chi connectivity index (χ0) is 17.9. The van der Waals surface area contributed by atoms with E-state index in [4.69, 9.17) is 4.74 Å². The highest BCUT2D eigenvalue weighted by Gasteiger charge is 2.11. The summed E-state index contributed by atoms with van der Waals surface area (Å²) in [6.45, 7) is 4.12. The van der Waals surface area contributed by atoms with Crippen LogP contribution in [0.1, 0.15) is 5.69 Å². The molecule has 0 aliphatic rings. The molecule has 0 bridgehead atoms. The molecular formula is C20H17N5O. The first-order valence-electron chi connectivity index (χ1n) is 8.09. The molecule has 0 fully saturated rings. The summed E-state index contributed by atoms with van der Waals surface area (Å²) in [5.41, 5.74) is 5.33. The van der Waals surface area contributed by atoms with Crippen LogP contribution in [0, 0.1) is 0 Å². The van der Waals surface area contributed by atoms with Gasteiger partial charge in [0, 0.05) is 29.4 Å². The molecule has 4 aromatic rings. The molecule has 0 radical (unpaired) electrons. The maximum atomic E-state index is 5.12. The Morgan fingerprint density at radius 2 is 2.00 bits per heavy atom. The molecule has 0 unspecified atom stereocenters. The second kappa shape index (κ2) is 6.68. The maximum Gasteiger partial charge on any atom is 0.212 e. The van der Waals surface area contributed by atoms with Gasteiger partial charge in [-0.2, -0.15) is 5.10 Å². The fraction of sp³-hybridized carbons (Fsp3) is 0.0500. The second-order valence-corrected chi connectivity index (χ2v) is 5.77. The number of H-pyrrole nitrogens is 1. The third kappa shape index (κ3) is 3.00. The molecule has 0 saturated heterocycles. The van der Waals surface area contributed by atoms with Gasteiger partial charge in [-0.25, -0.2) is 4.98 Å². The van der Waals surface area contributed by atoms with Gasteiger partial charge in [0.25, 0.3) is 0 Å². The van der Waals surface area contributed by atoms with Crippen LogP contribution < -0.4 is 10.1 Å². The smallest absolute Gasteiger partial charge is 0.212 e. The Morgan fingerprint density at radius 1 is 1.12 bits per heavy atom. The molecule has 2 N–H and O–H groups in total. The van der Waals surface area contributed by atoms with Crippen LogP contribution in [0.25, 0.3) is 27.7 Å². The highest BCUT2D eigenvalue weighted by Crippen LogP contribution is 2.28. The van der Waals surface area contributed by atoms with Crippen molar-refractivity contribution < 1.29 is 4.74 Å². The fourth-order valence-electron chi connectivity index (χ4n) is 2.77. The van der Waals surface area contributed by atoms with Crippen LogP contribution in [0.5, 0.6) is 5.88 Å². The van der Waals surface area contributed by atoms with Crippen LogP contribution in [0.4, 0.5) is 5.69 Å². The topological polar surface area (TPSA) is 75.7 Å². The number of methoxy groups -OCH3 is 1. The lowest BCUT2D eigenvalue weighted by Crippen LogP contribution is -1.98. The summed E-state index contributed by atoms with van der Waals surface area (Å²) >= 11 is 0. The number of pyridine rings is 2. The Hall–Kier alpha value is -3.67. The third-order valence-corrected chi connectivity index (χ3v) is 4.08. The Labute approximate surface area is 150 Å². The Balaban J connectivity index is 1.69. The summed E-state index contributed by atoms with van der Waals surface area (Å²) in [4.78, 5) is 8.37. The molecule has 0 amide bonds. The van der Waals surface area contributed by atoms with Gasteiger partial charge in [0.15, 0.2) is 0 Å². The van der Waals surface area contributed by atoms with Crippen molar-refractivity contribution in [3.8, 4) is 17.0 Å². The number of rotatable bonds is 5. The van der Waals surface area contributed by atoms with E-state index in [2.05, 4.69) is 38.1 Å². The number of aromatic nitrogens is 4. The standard InChI is InChI=1S/C20H17N5O/c1-13(23-16-4-3-9-21-12-16)20-17-10-14(5-7-18(17)24-25-20)15-6-8-19(26-2)22-11-15/h3-12,23H,1H2,2H3,(H,24,25). The molecule has 128 valence electrons. The van der Waals surface area contributed by atoms with Crippen molar-refractivity contribution in [3.63, 3.8) is 0 Å². The quantitative estimate of drug-likeness (QED) is 0.570. The average molecular weight is 343 g/mol. The van der Waals surface area contributed by atoms with Gasteiger partial charge in [-0.1, -0.05) is 12.6 Å². The number of ether oxygens (including phenoxy) is 1. The van der Waals surface area contributed by atoms with Crippen molar-refractivity contribution in [2.75, 3.05) is 12.4 Å². The highest BCUT2D eigenvalue weighted by molar-refractivity contribution is 5.94. The van der Waals surface area contributed by atoms with E-state index in [1.807, 2.05) is 36.4 Å². The van der Waals surface area contributed by atoms with Crippen molar-refractivity contribution in [2.45, 2.75) is 0 Å². The van der Waals surface area contributed by atoms with Gasteiger partial charge in [0.05, 0.1) is 30.2 Å². The molecule has 0 aliphatic carbocycles. The van der Waals surface area contributed by atoms with Crippen molar-refractivity contribution >= 4 is 22.3 Å². The zero-order valence-corrected chi connectivity index (χ0v) is 14.2. The summed E-state index contributed by atoms with van der Waals surface area (Å²) in [5, 5.41) is 11.7. The minimum absolute atomic E-state index is 0.591. The van der Waals surface area contributed by atoms with Gasteiger partial charge < -0.3 is 10.1 Å². The molecule has 6 heteroatoms. The van der Waals surface area contributed by atoms with Crippen LogP contribution in [0.3, 0.4) is 0 Å². The number of fused-ring (bicyclic) bond motifs is 1. The van der Waals surface area contributed by atoms with E-state index in [0.717, 1.165) is 33.4 Å². The lowest BCUT2D eigenvalue weighted by molar-refractivity contribution is 0.398. The number of hydrogen-bond donors (Lipinski definition) is 2. The van der Waals surface area contributed by atoms with E-state index in [-0.39, 0.29) is 0 Å². The SMILES string of the molecule is C=C(Nc1cccnc1)c1n[nH]c2ccc(-c3ccc(OC)nc3)cc12. The number of benzene rings is 1. The van der Waals surface area contributed by atoms with Crippen LogP contribution in [0.15, 0.2) is 67.6 Å². The van der Waals surface area contributed by atoms with Gasteiger partial charge in [-0.05, 0) is 35.9 Å². The van der Waals surface area contributed by atoms with Crippen LogP contribution >= 0.6 is 0 Å². The Bertz CT molecular complexity index is 1050. The number of anilines is 1. The first-order chi connectivity index (χ1) is 12.7. The number of hydrogen-bond acceptors (Lipinski definition) is 5. The van der Waals surface area contributed by atoms with Gasteiger partial charge in [0.1, 0.15) is 5.69 Å². The molecule has 0 aliphatic heterocycles. The zero-order valence-electron chi connectivity index (χ0n) is 14.2. The molecule has 0 atom stereocenters. The van der Waals surface area contributed by atoms with Gasteiger partial charge in [-0.15, -0.1) is 0 Å². The Kier molecular flexibility index (Phi) is 4.07. The van der Waals surface area contributed by atoms with E-state index in [1.54, 1.807) is 25.7 Å². The lowest BCUT2D eigenvalue weighted by Gasteiger charge is -2.08. The molecule has 4 rings (SSSR count). The van der Waals surface area contributed by atoms with E-state index >= 15 is 0 Å². The molecule has 1 aromatic carbocycles. The second-order valence-electron chi connectivity index (χ2n) is 5.77. The maximum absolute atomic E-state index is 5.12. The number of nitrogens with zero attached hydrogens (tertiary/aromatic N) is 3. The van der Waals surface area contributed by atoms with Crippen molar-refractivity contribution in [1.29, 1.82) is 0 Å². The minimum Gasteiger partial charge on any atom is -0.481 e. The van der Waals surface area contributed by atoms with Crippen LogP contribution in [0.2, 0.25) is 0 Å². The van der Waals surface area contributed by atoms with Crippen molar-refractivity contribution in [3.05, 3.63) is 73.3 Å². The summed E-state index contributed by atoms with van der Waals surface area (Å²) < 4.78 is 5.12. The predicted molar refractivity (Wildman–Crippen MR) is 103 cm³/mol. The highest BCUT2D eigenvalue weighted by atomic mass is 16.5. The van der Waals surface area contributed by atoms with Gasteiger partial charge >= 0.3 is 0 Å². The predicted octanol–water partition coefficient (Wildman–Crippen LogP) is 4.11. The molecule has 3 heterocycles. The first-order valence-corrected chi connectivity index (χ1v) is 8.09. The molecule has 3 aromatic heterocycles.